The van der Waals surface area contributed by atoms with Crippen molar-refractivity contribution < 1.29 is 9.59 Å². The van der Waals surface area contributed by atoms with Crippen molar-refractivity contribution in [3.63, 3.8) is 0 Å². The van der Waals surface area contributed by atoms with Crippen LogP contribution in [-0.4, -0.2) is 34.8 Å². The number of amides is 2. The zero-order valence-electron chi connectivity index (χ0n) is 18.7. The second kappa shape index (κ2) is 11.4. The first kappa shape index (κ1) is 23.5. The fraction of sp³-hybridized carbons (Fsp3) is 0.259. The van der Waals surface area contributed by atoms with Gasteiger partial charge in [0.25, 0.3) is 5.91 Å². The average molecular weight is 477 g/mol. The smallest absolute Gasteiger partial charge is 0.251 e. The molecule has 0 spiro atoms. The van der Waals surface area contributed by atoms with E-state index in [1.54, 1.807) is 11.8 Å². The molecular weight excluding hydrogens is 448 g/mol. The molecule has 4 nitrogen and oxygen atoms in total. The predicted molar refractivity (Wildman–Crippen MR) is 138 cm³/mol. The minimum absolute atomic E-state index is 0.0207. The lowest BCUT2D eigenvalue weighted by Crippen LogP contribution is -2.28. The van der Waals surface area contributed by atoms with Gasteiger partial charge < -0.3 is 10.2 Å². The van der Waals surface area contributed by atoms with Gasteiger partial charge in [0, 0.05) is 30.2 Å². The number of carbonyl (C=O) groups excluding carboxylic acids is 2. The highest BCUT2D eigenvalue weighted by Crippen LogP contribution is 2.39. The molecular formula is C27H28N2O2S2. The first-order valence-corrected chi connectivity index (χ1v) is 13.3. The quantitative estimate of drug-likeness (QED) is 0.418. The summed E-state index contributed by atoms with van der Waals surface area (Å²) >= 11 is 3.46. The summed E-state index contributed by atoms with van der Waals surface area (Å²) in [7, 11) is 0. The van der Waals surface area contributed by atoms with Crippen LogP contribution >= 0.6 is 23.5 Å². The Morgan fingerprint density at radius 1 is 1.03 bits per heavy atom. The van der Waals surface area contributed by atoms with Crippen molar-refractivity contribution in [3.8, 4) is 0 Å². The Kier molecular flexibility index (Phi) is 8.13. The summed E-state index contributed by atoms with van der Waals surface area (Å²) in [4.78, 5) is 26.9. The molecule has 1 saturated heterocycles. The summed E-state index contributed by atoms with van der Waals surface area (Å²) in [5.74, 6) is 2.40. The lowest BCUT2D eigenvalue weighted by atomic mass is 10.1. The molecule has 1 aliphatic rings. The van der Waals surface area contributed by atoms with Gasteiger partial charge in [-0.15, -0.1) is 11.8 Å². The van der Waals surface area contributed by atoms with Crippen LogP contribution in [0.1, 0.15) is 38.0 Å². The van der Waals surface area contributed by atoms with Crippen molar-refractivity contribution in [2.45, 2.75) is 24.6 Å². The van der Waals surface area contributed by atoms with Gasteiger partial charge in [-0.25, -0.2) is 0 Å². The Balaban J connectivity index is 1.28. The number of carbonyl (C=O) groups is 2. The molecule has 3 aromatic rings. The van der Waals surface area contributed by atoms with Gasteiger partial charge in [0.2, 0.25) is 5.91 Å². The van der Waals surface area contributed by atoms with Gasteiger partial charge in [-0.3, -0.25) is 9.59 Å². The number of aryl methyl sites for hydroxylation is 1. The van der Waals surface area contributed by atoms with Crippen molar-refractivity contribution in [2.75, 3.05) is 18.1 Å². The Morgan fingerprint density at radius 2 is 1.76 bits per heavy atom. The molecule has 2 amide bonds. The monoisotopic (exact) mass is 476 g/mol. The number of rotatable bonds is 9. The SMILES string of the molecule is Cc1ccccc1CSCCNC(=O)c1ccc([C@@H]2SCC(=O)N2Cc2ccccc2)cc1. The molecule has 1 N–H and O–H groups in total. The standard InChI is InChI=1S/C27H28N2O2S2/c1-20-7-5-6-10-24(20)18-32-16-15-28-26(31)22-11-13-23(14-12-22)27-29(25(30)19-33-27)17-21-8-3-2-4-9-21/h2-14,27H,15-19H2,1H3,(H,28,31)/t27-/m0/s1. The highest BCUT2D eigenvalue weighted by molar-refractivity contribution is 8.00. The van der Waals surface area contributed by atoms with Crippen LogP contribution in [0, 0.1) is 6.92 Å². The third-order valence-corrected chi connectivity index (χ3v) is 7.94. The molecule has 4 rings (SSSR count). The molecule has 0 aliphatic carbocycles. The Morgan fingerprint density at radius 3 is 2.52 bits per heavy atom. The van der Waals surface area contributed by atoms with E-state index in [1.165, 1.54) is 11.1 Å². The molecule has 1 atom stereocenters. The molecule has 6 heteroatoms. The molecule has 1 fully saturated rings. The van der Waals surface area contributed by atoms with Crippen LogP contribution < -0.4 is 5.32 Å². The fourth-order valence-electron chi connectivity index (χ4n) is 3.77. The number of hydrogen-bond donors (Lipinski definition) is 1. The number of thioether (sulfide) groups is 2. The van der Waals surface area contributed by atoms with E-state index in [9.17, 15) is 9.59 Å². The lowest BCUT2D eigenvalue weighted by Gasteiger charge is -2.24. The van der Waals surface area contributed by atoms with Gasteiger partial charge >= 0.3 is 0 Å². The number of nitrogens with zero attached hydrogens (tertiary/aromatic N) is 1. The highest BCUT2D eigenvalue weighted by Gasteiger charge is 2.32. The van der Waals surface area contributed by atoms with Crippen molar-refractivity contribution in [3.05, 3.63) is 107 Å². The Labute approximate surface area is 204 Å². The maximum Gasteiger partial charge on any atom is 0.251 e. The molecule has 1 aliphatic heterocycles. The van der Waals surface area contributed by atoms with Crippen LogP contribution in [0.4, 0.5) is 0 Å². The van der Waals surface area contributed by atoms with Crippen molar-refractivity contribution in [1.82, 2.24) is 10.2 Å². The van der Waals surface area contributed by atoms with E-state index >= 15 is 0 Å². The summed E-state index contributed by atoms with van der Waals surface area (Å²) in [5.41, 5.74) is 5.46. The lowest BCUT2D eigenvalue weighted by molar-refractivity contribution is -0.128. The van der Waals surface area contributed by atoms with Gasteiger partial charge in [-0.1, -0.05) is 66.7 Å². The predicted octanol–water partition coefficient (Wildman–Crippen LogP) is 5.43. The van der Waals surface area contributed by atoms with Crippen LogP contribution in [0.15, 0.2) is 78.9 Å². The fourth-order valence-corrected chi connectivity index (χ4v) is 5.90. The first-order valence-electron chi connectivity index (χ1n) is 11.1. The highest BCUT2D eigenvalue weighted by atomic mass is 32.2. The summed E-state index contributed by atoms with van der Waals surface area (Å²) < 4.78 is 0. The minimum atomic E-state index is -0.0608. The first-order chi connectivity index (χ1) is 16.1. The summed E-state index contributed by atoms with van der Waals surface area (Å²) in [5, 5.41) is 2.99. The van der Waals surface area contributed by atoms with Crippen molar-refractivity contribution in [2.24, 2.45) is 0 Å². The van der Waals surface area contributed by atoms with E-state index in [1.807, 2.05) is 71.3 Å². The van der Waals surface area contributed by atoms with E-state index in [0.717, 1.165) is 22.6 Å². The van der Waals surface area contributed by atoms with E-state index in [2.05, 4.69) is 36.5 Å². The summed E-state index contributed by atoms with van der Waals surface area (Å²) in [6.45, 7) is 3.36. The van der Waals surface area contributed by atoms with Crippen LogP contribution in [0.2, 0.25) is 0 Å². The van der Waals surface area contributed by atoms with Crippen LogP contribution in [0.3, 0.4) is 0 Å². The van der Waals surface area contributed by atoms with Crippen molar-refractivity contribution >= 4 is 35.3 Å². The van der Waals surface area contributed by atoms with E-state index < -0.39 is 0 Å². The average Bonchev–Trinajstić information content (AvgIpc) is 3.20. The zero-order chi connectivity index (χ0) is 23.0. The normalized spacial score (nSPS) is 15.6. The van der Waals surface area contributed by atoms with Gasteiger partial charge in [0.1, 0.15) is 5.37 Å². The molecule has 0 unspecified atom stereocenters. The van der Waals surface area contributed by atoms with Gasteiger partial charge in [0.15, 0.2) is 0 Å². The topological polar surface area (TPSA) is 49.4 Å². The van der Waals surface area contributed by atoms with Gasteiger partial charge in [-0.2, -0.15) is 11.8 Å². The summed E-state index contributed by atoms with van der Waals surface area (Å²) in [6, 6.07) is 26.1. The maximum absolute atomic E-state index is 12.5. The Bertz CT molecular complexity index is 1090. The van der Waals surface area contributed by atoms with Crippen LogP contribution in [-0.2, 0) is 17.1 Å². The molecule has 0 radical (unpaired) electrons. The molecule has 170 valence electrons. The van der Waals surface area contributed by atoms with E-state index in [-0.39, 0.29) is 17.2 Å². The third-order valence-electron chi connectivity index (χ3n) is 5.67. The number of hydrogen-bond acceptors (Lipinski definition) is 4. The minimum Gasteiger partial charge on any atom is -0.351 e. The largest absolute Gasteiger partial charge is 0.351 e. The van der Waals surface area contributed by atoms with Crippen LogP contribution in [0.5, 0.6) is 0 Å². The second-order valence-corrected chi connectivity index (χ2v) is 10.2. The summed E-state index contributed by atoms with van der Waals surface area (Å²) in [6.07, 6.45) is 0. The molecule has 0 aromatic heterocycles. The van der Waals surface area contributed by atoms with Gasteiger partial charge in [0.05, 0.1) is 5.75 Å². The van der Waals surface area contributed by atoms with Gasteiger partial charge in [-0.05, 0) is 41.3 Å². The van der Waals surface area contributed by atoms with E-state index in [4.69, 9.17) is 0 Å². The zero-order valence-corrected chi connectivity index (χ0v) is 20.3. The molecule has 3 aromatic carbocycles. The molecule has 0 bridgehead atoms. The van der Waals surface area contributed by atoms with Crippen molar-refractivity contribution in [1.29, 1.82) is 0 Å². The molecule has 1 heterocycles. The molecule has 0 saturated carbocycles. The second-order valence-electron chi connectivity index (χ2n) is 8.03. The molecule has 33 heavy (non-hydrogen) atoms. The Hall–Kier alpha value is -2.70. The van der Waals surface area contributed by atoms with Crippen LogP contribution in [0.25, 0.3) is 0 Å². The third kappa shape index (κ3) is 6.21. The van der Waals surface area contributed by atoms with E-state index in [0.29, 0.717) is 24.4 Å². The number of nitrogens with one attached hydrogen (secondary N) is 1. The maximum atomic E-state index is 12.5. The number of benzene rings is 3.